The molecule has 0 aromatic heterocycles. The lowest BCUT2D eigenvalue weighted by molar-refractivity contribution is -0.131. The molecule has 96 valence electrons. The molecule has 0 radical (unpaired) electrons. The maximum atomic E-state index is 12.4. The summed E-state index contributed by atoms with van der Waals surface area (Å²) in [4.78, 5) is 23.3. The van der Waals surface area contributed by atoms with E-state index < -0.39 is 0 Å². The van der Waals surface area contributed by atoms with E-state index >= 15 is 0 Å². The number of ketones is 1. The predicted octanol–water partition coefficient (Wildman–Crippen LogP) is 3.01. The van der Waals surface area contributed by atoms with Crippen LogP contribution in [0.2, 0.25) is 0 Å². The standard InChI is InChI=1S/C15H18O3/c1-9-7-11-8-12(18-10(2)16)5-6-13(11)14(17)15(9,3)4/h5-6,8-9H,7H2,1-4H3. The van der Waals surface area contributed by atoms with Gasteiger partial charge < -0.3 is 4.74 Å². The number of rotatable bonds is 1. The van der Waals surface area contributed by atoms with Gasteiger partial charge >= 0.3 is 5.97 Å². The Hall–Kier alpha value is -1.64. The summed E-state index contributed by atoms with van der Waals surface area (Å²) in [5.41, 5.74) is 1.41. The van der Waals surface area contributed by atoms with Crippen molar-refractivity contribution >= 4 is 11.8 Å². The molecule has 0 saturated heterocycles. The molecular formula is C15H18O3. The molecule has 3 heteroatoms. The van der Waals surface area contributed by atoms with Crippen molar-refractivity contribution in [3.63, 3.8) is 0 Å². The average molecular weight is 246 g/mol. The summed E-state index contributed by atoms with van der Waals surface area (Å²) in [6.07, 6.45) is 0.836. The molecule has 1 aliphatic rings. The van der Waals surface area contributed by atoms with Crippen LogP contribution in [0.1, 0.15) is 43.6 Å². The van der Waals surface area contributed by atoms with Gasteiger partial charge in [-0.05, 0) is 36.1 Å². The minimum atomic E-state index is -0.342. The molecule has 1 aromatic rings. The molecule has 2 rings (SSSR count). The number of ether oxygens (including phenoxy) is 1. The van der Waals surface area contributed by atoms with Gasteiger partial charge in [-0.25, -0.2) is 0 Å². The molecule has 1 atom stereocenters. The van der Waals surface area contributed by atoms with Gasteiger partial charge in [0.2, 0.25) is 0 Å². The summed E-state index contributed by atoms with van der Waals surface area (Å²) in [5.74, 6) is 0.627. The summed E-state index contributed by atoms with van der Waals surface area (Å²) in [6, 6.07) is 5.26. The number of fused-ring (bicyclic) bond motifs is 1. The number of carbonyl (C=O) groups is 2. The Bertz CT molecular complexity index is 514. The summed E-state index contributed by atoms with van der Waals surface area (Å²) in [6.45, 7) is 7.43. The van der Waals surface area contributed by atoms with Crippen molar-refractivity contribution in [1.82, 2.24) is 0 Å². The van der Waals surface area contributed by atoms with E-state index in [4.69, 9.17) is 4.74 Å². The summed E-state index contributed by atoms with van der Waals surface area (Å²) in [5, 5.41) is 0. The first kappa shape index (κ1) is 12.8. The third-order valence-corrected chi connectivity index (χ3v) is 3.93. The van der Waals surface area contributed by atoms with Crippen LogP contribution in [-0.2, 0) is 11.2 Å². The van der Waals surface area contributed by atoms with E-state index in [-0.39, 0.29) is 23.1 Å². The Morgan fingerprint density at radius 3 is 2.67 bits per heavy atom. The molecule has 3 nitrogen and oxygen atoms in total. The highest BCUT2D eigenvalue weighted by Crippen LogP contribution is 2.40. The second kappa shape index (κ2) is 4.23. The van der Waals surface area contributed by atoms with Crippen LogP contribution in [0.15, 0.2) is 18.2 Å². The predicted molar refractivity (Wildman–Crippen MR) is 68.7 cm³/mol. The molecule has 1 unspecified atom stereocenters. The highest BCUT2D eigenvalue weighted by molar-refractivity contribution is 6.02. The molecule has 0 heterocycles. The molecule has 0 fully saturated rings. The Balaban J connectivity index is 2.42. The molecule has 1 aliphatic carbocycles. The van der Waals surface area contributed by atoms with Gasteiger partial charge in [0.25, 0.3) is 0 Å². The van der Waals surface area contributed by atoms with Gasteiger partial charge in [0.1, 0.15) is 5.75 Å². The number of hydrogen-bond donors (Lipinski definition) is 0. The Morgan fingerprint density at radius 2 is 2.06 bits per heavy atom. The smallest absolute Gasteiger partial charge is 0.308 e. The van der Waals surface area contributed by atoms with Gasteiger partial charge in [-0.2, -0.15) is 0 Å². The van der Waals surface area contributed by atoms with Crippen LogP contribution in [0.3, 0.4) is 0 Å². The molecule has 0 saturated carbocycles. The van der Waals surface area contributed by atoms with Crippen LogP contribution in [0.4, 0.5) is 0 Å². The summed E-state index contributed by atoms with van der Waals surface area (Å²) >= 11 is 0. The topological polar surface area (TPSA) is 43.4 Å². The fourth-order valence-corrected chi connectivity index (χ4v) is 2.35. The molecule has 18 heavy (non-hydrogen) atoms. The molecule has 0 aliphatic heterocycles. The Labute approximate surface area is 107 Å². The monoisotopic (exact) mass is 246 g/mol. The number of hydrogen-bond acceptors (Lipinski definition) is 3. The summed E-state index contributed by atoms with van der Waals surface area (Å²) < 4.78 is 5.05. The van der Waals surface area contributed by atoms with Crippen molar-refractivity contribution < 1.29 is 14.3 Å². The van der Waals surface area contributed by atoms with Crippen molar-refractivity contribution in [3.05, 3.63) is 29.3 Å². The number of Topliss-reactive ketones (excluding diaryl/α,β-unsaturated/α-hetero) is 1. The van der Waals surface area contributed by atoms with E-state index in [2.05, 4.69) is 6.92 Å². The molecule has 0 bridgehead atoms. The Kier molecular flexibility index (Phi) is 3.01. The largest absolute Gasteiger partial charge is 0.427 e. The first-order chi connectivity index (χ1) is 8.32. The maximum Gasteiger partial charge on any atom is 0.308 e. The number of esters is 1. The van der Waals surface area contributed by atoms with Gasteiger partial charge in [0.15, 0.2) is 5.78 Å². The minimum absolute atomic E-state index is 0.172. The lowest BCUT2D eigenvalue weighted by Crippen LogP contribution is -2.37. The van der Waals surface area contributed by atoms with Gasteiger partial charge in [-0.3, -0.25) is 9.59 Å². The molecule has 0 N–H and O–H groups in total. The van der Waals surface area contributed by atoms with E-state index in [1.54, 1.807) is 18.2 Å². The Morgan fingerprint density at radius 1 is 1.39 bits per heavy atom. The number of carbonyl (C=O) groups excluding carboxylic acids is 2. The molecule has 0 spiro atoms. The lowest BCUT2D eigenvalue weighted by atomic mass is 9.66. The molecule has 1 aromatic carbocycles. The van der Waals surface area contributed by atoms with E-state index in [9.17, 15) is 9.59 Å². The fraction of sp³-hybridized carbons (Fsp3) is 0.467. The van der Waals surface area contributed by atoms with E-state index in [0.717, 1.165) is 17.5 Å². The van der Waals surface area contributed by atoms with E-state index in [1.165, 1.54) is 6.92 Å². The van der Waals surface area contributed by atoms with Crippen LogP contribution in [0.5, 0.6) is 5.75 Å². The molecular weight excluding hydrogens is 228 g/mol. The van der Waals surface area contributed by atoms with E-state index in [0.29, 0.717) is 5.75 Å². The van der Waals surface area contributed by atoms with Crippen LogP contribution < -0.4 is 4.74 Å². The third-order valence-electron chi connectivity index (χ3n) is 3.93. The second-order valence-electron chi connectivity index (χ2n) is 5.57. The van der Waals surface area contributed by atoms with Crippen molar-refractivity contribution in [2.24, 2.45) is 11.3 Å². The zero-order chi connectivity index (χ0) is 13.5. The zero-order valence-corrected chi connectivity index (χ0v) is 11.2. The zero-order valence-electron chi connectivity index (χ0n) is 11.2. The van der Waals surface area contributed by atoms with Gasteiger partial charge in [0, 0.05) is 17.9 Å². The van der Waals surface area contributed by atoms with Crippen LogP contribution in [0, 0.1) is 11.3 Å². The van der Waals surface area contributed by atoms with Gasteiger partial charge in [-0.15, -0.1) is 0 Å². The van der Waals surface area contributed by atoms with Gasteiger partial charge in [0.05, 0.1) is 0 Å². The SMILES string of the molecule is CC(=O)Oc1ccc2c(c1)CC(C)C(C)(C)C2=O. The van der Waals surface area contributed by atoms with Crippen LogP contribution in [0.25, 0.3) is 0 Å². The number of benzene rings is 1. The highest BCUT2D eigenvalue weighted by atomic mass is 16.5. The lowest BCUT2D eigenvalue weighted by Gasteiger charge is -2.36. The van der Waals surface area contributed by atoms with Crippen molar-refractivity contribution in [1.29, 1.82) is 0 Å². The quantitative estimate of drug-likeness (QED) is 0.565. The molecule has 0 amide bonds. The van der Waals surface area contributed by atoms with Crippen molar-refractivity contribution in [2.45, 2.75) is 34.1 Å². The van der Waals surface area contributed by atoms with E-state index in [1.807, 2.05) is 13.8 Å². The van der Waals surface area contributed by atoms with Crippen molar-refractivity contribution in [2.75, 3.05) is 0 Å². The van der Waals surface area contributed by atoms with Gasteiger partial charge in [-0.1, -0.05) is 20.8 Å². The average Bonchev–Trinajstić information content (AvgIpc) is 2.26. The summed E-state index contributed by atoms with van der Waals surface area (Å²) in [7, 11) is 0. The fourth-order valence-electron chi connectivity index (χ4n) is 2.35. The van der Waals surface area contributed by atoms with Crippen LogP contribution in [-0.4, -0.2) is 11.8 Å². The second-order valence-corrected chi connectivity index (χ2v) is 5.57. The normalized spacial score (nSPS) is 21.3. The highest BCUT2D eigenvalue weighted by Gasteiger charge is 2.39. The van der Waals surface area contributed by atoms with Crippen LogP contribution >= 0.6 is 0 Å². The first-order valence-electron chi connectivity index (χ1n) is 6.18. The minimum Gasteiger partial charge on any atom is -0.427 e. The third kappa shape index (κ3) is 2.05. The first-order valence-corrected chi connectivity index (χ1v) is 6.18. The maximum absolute atomic E-state index is 12.4. The van der Waals surface area contributed by atoms with Crippen molar-refractivity contribution in [3.8, 4) is 5.75 Å².